The van der Waals surface area contributed by atoms with Crippen molar-refractivity contribution in [1.29, 1.82) is 0 Å². The second-order valence-electron chi connectivity index (χ2n) is 4.86. The van der Waals surface area contributed by atoms with E-state index in [1.54, 1.807) is 24.3 Å². The molecule has 0 amide bonds. The van der Waals surface area contributed by atoms with Crippen LogP contribution in [0.5, 0.6) is 11.5 Å². The fourth-order valence-electron chi connectivity index (χ4n) is 2.28. The minimum atomic E-state index is -0.821. The Morgan fingerprint density at radius 3 is 2.24 bits per heavy atom. The SMILES string of the molecule is OC(c1cc(Cl)cc(Cl)c1)c1ccc2c(c1)OCCCO2. The fraction of sp³-hybridized carbons (Fsp3) is 0.250. The van der Waals surface area contributed by atoms with Crippen molar-refractivity contribution >= 4 is 23.2 Å². The maximum atomic E-state index is 10.5. The van der Waals surface area contributed by atoms with Gasteiger partial charge in [0, 0.05) is 16.5 Å². The van der Waals surface area contributed by atoms with Crippen molar-refractivity contribution in [3.8, 4) is 11.5 Å². The van der Waals surface area contributed by atoms with Crippen molar-refractivity contribution in [3.63, 3.8) is 0 Å². The average Bonchev–Trinajstić information content (AvgIpc) is 2.69. The van der Waals surface area contributed by atoms with Gasteiger partial charge in [0.05, 0.1) is 13.2 Å². The zero-order valence-electron chi connectivity index (χ0n) is 11.2. The van der Waals surface area contributed by atoms with Crippen LogP contribution in [0.2, 0.25) is 10.0 Å². The number of hydrogen-bond donors (Lipinski definition) is 1. The Kier molecular flexibility index (Phi) is 4.24. The molecule has 0 saturated heterocycles. The molecule has 21 heavy (non-hydrogen) atoms. The van der Waals surface area contributed by atoms with E-state index in [2.05, 4.69) is 0 Å². The molecule has 0 radical (unpaired) electrons. The van der Waals surface area contributed by atoms with Crippen molar-refractivity contribution in [2.75, 3.05) is 13.2 Å². The summed E-state index contributed by atoms with van der Waals surface area (Å²) in [5.41, 5.74) is 1.35. The van der Waals surface area contributed by atoms with Crippen LogP contribution in [-0.4, -0.2) is 18.3 Å². The van der Waals surface area contributed by atoms with E-state index in [1.165, 1.54) is 0 Å². The summed E-state index contributed by atoms with van der Waals surface area (Å²) in [6.07, 6.45) is 0.0227. The zero-order valence-corrected chi connectivity index (χ0v) is 12.7. The molecule has 0 fully saturated rings. The standard InChI is InChI=1S/C16H14Cl2O3/c17-12-6-11(7-13(18)9-12)16(19)10-2-3-14-15(8-10)21-5-1-4-20-14/h2-3,6-9,16,19H,1,4-5H2. The smallest absolute Gasteiger partial charge is 0.161 e. The Hall–Kier alpha value is -1.42. The van der Waals surface area contributed by atoms with Gasteiger partial charge in [-0.3, -0.25) is 0 Å². The second kappa shape index (κ2) is 6.14. The van der Waals surface area contributed by atoms with Gasteiger partial charge in [0.2, 0.25) is 0 Å². The summed E-state index contributed by atoms with van der Waals surface area (Å²) >= 11 is 12.0. The molecule has 0 aromatic heterocycles. The van der Waals surface area contributed by atoms with Crippen LogP contribution >= 0.6 is 23.2 Å². The topological polar surface area (TPSA) is 38.7 Å². The van der Waals surface area contributed by atoms with Crippen LogP contribution in [0.4, 0.5) is 0 Å². The highest BCUT2D eigenvalue weighted by molar-refractivity contribution is 6.34. The van der Waals surface area contributed by atoms with Crippen molar-refractivity contribution < 1.29 is 14.6 Å². The Morgan fingerprint density at radius 1 is 0.857 bits per heavy atom. The molecule has 1 N–H and O–H groups in total. The maximum absolute atomic E-state index is 10.5. The molecule has 1 aliphatic rings. The quantitative estimate of drug-likeness (QED) is 0.898. The van der Waals surface area contributed by atoms with E-state index in [9.17, 15) is 5.11 Å². The maximum Gasteiger partial charge on any atom is 0.161 e. The predicted molar refractivity (Wildman–Crippen MR) is 82.6 cm³/mol. The zero-order chi connectivity index (χ0) is 14.8. The van der Waals surface area contributed by atoms with Crippen LogP contribution in [0.3, 0.4) is 0 Å². The van der Waals surface area contributed by atoms with Gasteiger partial charge in [-0.2, -0.15) is 0 Å². The van der Waals surface area contributed by atoms with E-state index >= 15 is 0 Å². The van der Waals surface area contributed by atoms with E-state index in [-0.39, 0.29) is 0 Å². The lowest BCUT2D eigenvalue weighted by Crippen LogP contribution is -2.01. The number of aliphatic hydroxyl groups excluding tert-OH is 1. The van der Waals surface area contributed by atoms with Crippen LogP contribution in [0, 0.1) is 0 Å². The van der Waals surface area contributed by atoms with E-state index < -0.39 is 6.10 Å². The van der Waals surface area contributed by atoms with Crippen LogP contribution in [0.15, 0.2) is 36.4 Å². The summed E-state index contributed by atoms with van der Waals surface area (Å²) in [7, 11) is 0. The first-order chi connectivity index (χ1) is 10.1. The molecule has 0 bridgehead atoms. The summed E-state index contributed by atoms with van der Waals surface area (Å²) in [5.74, 6) is 1.35. The highest BCUT2D eigenvalue weighted by atomic mass is 35.5. The summed E-state index contributed by atoms with van der Waals surface area (Å²) in [6.45, 7) is 1.24. The molecule has 0 aliphatic carbocycles. The summed E-state index contributed by atoms with van der Waals surface area (Å²) in [4.78, 5) is 0. The van der Waals surface area contributed by atoms with Crippen LogP contribution < -0.4 is 9.47 Å². The Balaban J connectivity index is 1.94. The third kappa shape index (κ3) is 3.26. The molecule has 2 aromatic rings. The van der Waals surface area contributed by atoms with Gasteiger partial charge >= 0.3 is 0 Å². The highest BCUT2D eigenvalue weighted by Crippen LogP contribution is 2.35. The molecule has 1 heterocycles. The number of hydrogen-bond acceptors (Lipinski definition) is 3. The van der Waals surface area contributed by atoms with Gasteiger partial charge in [-0.05, 0) is 41.5 Å². The van der Waals surface area contributed by atoms with Gasteiger partial charge in [0.1, 0.15) is 6.10 Å². The second-order valence-corrected chi connectivity index (χ2v) is 5.73. The van der Waals surface area contributed by atoms with Gasteiger partial charge in [-0.15, -0.1) is 0 Å². The Labute approximate surface area is 133 Å². The summed E-state index contributed by atoms with van der Waals surface area (Å²) in [5, 5.41) is 11.5. The van der Waals surface area contributed by atoms with Crippen molar-refractivity contribution in [3.05, 3.63) is 57.6 Å². The van der Waals surface area contributed by atoms with E-state index in [0.717, 1.165) is 6.42 Å². The van der Waals surface area contributed by atoms with Gasteiger partial charge in [-0.25, -0.2) is 0 Å². The average molecular weight is 325 g/mol. The lowest BCUT2D eigenvalue weighted by atomic mass is 10.0. The fourth-order valence-corrected chi connectivity index (χ4v) is 2.82. The molecule has 110 valence electrons. The molecule has 3 rings (SSSR count). The molecular weight excluding hydrogens is 311 g/mol. The largest absolute Gasteiger partial charge is 0.490 e. The molecule has 1 aliphatic heterocycles. The van der Waals surface area contributed by atoms with E-state index in [4.69, 9.17) is 32.7 Å². The molecule has 1 unspecified atom stereocenters. The lowest BCUT2D eigenvalue weighted by molar-refractivity contribution is 0.219. The Bertz CT molecular complexity index is 638. The number of benzene rings is 2. The summed E-state index contributed by atoms with van der Waals surface area (Å²) in [6, 6.07) is 10.4. The summed E-state index contributed by atoms with van der Waals surface area (Å²) < 4.78 is 11.2. The van der Waals surface area contributed by atoms with Gasteiger partial charge in [0.25, 0.3) is 0 Å². The van der Waals surface area contributed by atoms with Crippen LogP contribution in [0.25, 0.3) is 0 Å². The number of halogens is 2. The first kappa shape index (κ1) is 14.5. The monoisotopic (exact) mass is 324 g/mol. The van der Waals surface area contributed by atoms with Gasteiger partial charge < -0.3 is 14.6 Å². The van der Waals surface area contributed by atoms with Crippen molar-refractivity contribution in [1.82, 2.24) is 0 Å². The number of rotatable bonds is 2. The minimum Gasteiger partial charge on any atom is -0.490 e. The van der Waals surface area contributed by atoms with Crippen molar-refractivity contribution in [2.45, 2.75) is 12.5 Å². The molecule has 5 heteroatoms. The lowest BCUT2D eigenvalue weighted by Gasteiger charge is -2.15. The molecule has 0 spiro atoms. The van der Waals surface area contributed by atoms with E-state index in [0.29, 0.717) is 45.9 Å². The molecule has 0 saturated carbocycles. The molecule has 3 nitrogen and oxygen atoms in total. The van der Waals surface area contributed by atoms with Crippen molar-refractivity contribution in [2.24, 2.45) is 0 Å². The highest BCUT2D eigenvalue weighted by Gasteiger charge is 2.16. The molecular formula is C16H14Cl2O3. The number of ether oxygens (including phenoxy) is 2. The third-order valence-corrected chi connectivity index (χ3v) is 3.72. The Morgan fingerprint density at radius 2 is 1.52 bits per heavy atom. The third-order valence-electron chi connectivity index (χ3n) is 3.29. The number of fused-ring (bicyclic) bond motifs is 1. The predicted octanol–water partition coefficient (Wildman–Crippen LogP) is 4.24. The molecule has 2 aromatic carbocycles. The van der Waals surface area contributed by atoms with Crippen LogP contribution in [0.1, 0.15) is 23.7 Å². The first-order valence-electron chi connectivity index (χ1n) is 6.67. The normalized spacial score (nSPS) is 15.4. The van der Waals surface area contributed by atoms with E-state index in [1.807, 2.05) is 12.1 Å². The van der Waals surface area contributed by atoms with Crippen LogP contribution in [-0.2, 0) is 0 Å². The minimum absolute atomic E-state index is 0.492. The van der Waals surface area contributed by atoms with Gasteiger partial charge in [-0.1, -0.05) is 29.3 Å². The van der Waals surface area contributed by atoms with Gasteiger partial charge in [0.15, 0.2) is 11.5 Å². The molecule has 1 atom stereocenters. The number of aliphatic hydroxyl groups is 1. The first-order valence-corrected chi connectivity index (χ1v) is 7.43.